The van der Waals surface area contributed by atoms with Crippen molar-refractivity contribution in [3.63, 3.8) is 0 Å². The number of benzene rings is 1. The number of hydrogen-bond donors (Lipinski definition) is 2. The summed E-state index contributed by atoms with van der Waals surface area (Å²) in [7, 11) is 0. The molecule has 33 heavy (non-hydrogen) atoms. The number of rotatable bonds is 11. The fourth-order valence-corrected chi connectivity index (χ4v) is 4.18. The van der Waals surface area contributed by atoms with Gasteiger partial charge in [-0.25, -0.2) is 9.18 Å². The molecule has 1 aliphatic carbocycles. The lowest BCUT2D eigenvalue weighted by molar-refractivity contribution is -0.124. The number of primary amides is 1. The van der Waals surface area contributed by atoms with Crippen LogP contribution in [0.5, 0.6) is 0 Å². The van der Waals surface area contributed by atoms with Gasteiger partial charge in [-0.05, 0) is 69.6 Å². The van der Waals surface area contributed by atoms with Gasteiger partial charge >= 0.3 is 5.97 Å². The van der Waals surface area contributed by atoms with Crippen LogP contribution < -0.4 is 5.73 Å². The molecule has 0 saturated carbocycles. The van der Waals surface area contributed by atoms with Gasteiger partial charge in [0, 0.05) is 24.2 Å². The van der Waals surface area contributed by atoms with Crippen LogP contribution in [-0.2, 0) is 28.8 Å². The number of aliphatic hydroxyl groups excluding tert-OH is 1. The zero-order valence-corrected chi connectivity index (χ0v) is 19.3. The first-order chi connectivity index (χ1) is 15.6. The highest BCUT2D eigenvalue weighted by Crippen LogP contribution is 2.26. The number of amides is 1. The van der Waals surface area contributed by atoms with Crippen LogP contribution in [0.15, 0.2) is 42.6 Å². The summed E-state index contributed by atoms with van der Waals surface area (Å²) >= 11 is 0. The van der Waals surface area contributed by atoms with Gasteiger partial charge in [-0.3, -0.25) is 9.78 Å². The van der Waals surface area contributed by atoms with Gasteiger partial charge in [-0.2, -0.15) is 0 Å². The first-order valence-corrected chi connectivity index (χ1v) is 11.5. The third-order valence-electron chi connectivity index (χ3n) is 6.14. The van der Waals surface area contributed by atoms with E-state index in [4.69, 9.17) is 10.5 Å². The Morgan fingerprint density at radius 2 is 1.97 bits per heavy atom. The lowest BCUT2D eigenvalue weighted by Crippen LogP contribution is -2.38. The Bertz CT molecular complexity index is 959. The number of pyridine rings is 1. The van der Waals surface area contributed by atoms with Crippen LogP contribution >= 0.6 is 0 Å². The molecule has 1 aliphatic rings. The highest BCUT2D eigenvalue weighted by atomic mass is 19.1. The Hall–Kier alpha value is -2.80. The molecule has 2 aromatic rings. The second-order valence-corrected chi connectivity index (χ2v) is 9.48. The van der Waals surface area contributed by atoms with Crippen molar-refractivity contribution in [2.75, 3.05) is 0 Å². The molecular weight excluding hydrogens is 423 g/mol. The summed E-state index contributed by atoms with van der Waals surface area (Å²) in [5.74, 6) is -1.91. The number of carbonyl (C=O) groups is 2. The molecule has 3 atom stereocenters. The number of alkyl halides is 1. The van der Waals surface area contributed by atoms with Gasteiger partial charge in [0.15, 0.2) is 0 Å². The minimum absolute atomic E-state index is 0.0152. The van der Waals surface area contributed by atoms with Gasteiger partial charge in [-0.1, -0.05) is 30.3 Å². The van der Waals surface area contributed by atoms with Gasteiger partial charge in [-0.15, -0.1) is 0 Å². The highest BCUT2D eigenvalue weighted by Gasteiger charge is 2.31. The second-order valence-electron chi connectivity index (χ2n) is 9.48. The van der Waals surface area contributed by atoms with E-state index in [1.807, 2.05) is 30.3 Å². The molecule has 1 aromatic carbocycles. The van der Waals surface area contributed by atoms with E-state index < -0.39 is 35.7 Å². The summed E-state index contributed by atoms with van der Waals surface area (Å²) in [5.41, 5.74) is 7.35. The molecule has 0 spiro atoms. The lowest BCUT2D eigenvalue weighted by Gasteiger charge is -2.27. The lowest BCUT2D eigenvalue weighted by atomic mass is 9.88. The van der Waals surface area contributed by atoms with Crippen molar-refractivity contribution >= 4 is 11.9 Å². The molecule has 0 aliphatic heterocycles. The van der Waals surface area contributed by atoms with E-state index in [1.165, 1.54) is 20.0 Å². The number of ether oxygens (including phenoxy) is 1. The van der Waals surface area contributed by atoms with Gasteiger partial charge in [0.2, 0.25) is 5.91 Å². The molecule has 0 unspecified atom stereocenters. The smallest absolute Gasteiger partial charge is 0.340 e. The number of esters is 1. The van der Waals surface area contributed by atoms with E-state index in [-0.39, 0.29) is 25.7 Å². The first kappa shape index (κ1) is 24.8. The molecule has 0 bridgehead atoms. The molecular formula is C26H33FN2O4. The van der Waals surface area contributed by atoms with Crippen LogP contribution in [0.3, 0.4) is 0 Å². The van der Waals surface area contributed by atoms with Crippen molar-refractivity contribution in [2.45, 2.75) is 76.7 Å². The number of aliphatic hydroxyl groups is 1. The van der Waals surface area contributed by atoms with Crippen molar-refractivity contribution in [3.8, 4) is 0 Å². The molecule has 1 aromatic heterocycles. The van der Waals surface area contributed by atoms with E-state index in [2.05, 4.69) is 4.98 Å². The molecule has 1 amide bonds. The van der Waals surface area contributed by atoms with Crippen molar-refractivity contribution in [1.82, 2.24) is 4.98 Å². The third kappa shape index (κ3) is 7.35. The van der Waals surface area contributed by atoms with Crippen molar-refractivity contribution in [2.24, 2.45) is 11.7 Å². The molecule has 6 nitrogen and oxygen atoms in total. The Kier molecular flexibility index (Phi) is 8.19. The Morgan fingerprint density at radius 1 is 1.24 bits per heavy atom. The predicted octanol–water partition coefficient (Wildman–Crippen LogP) is 3.72. The summed E-state index contributed by atoms with van der Waals surface area (Å²) < 4.78 is 19.7. The van der Waals surface area contributed by atoms with Gasteiger partial charge in [0.05, 0.1) is 11.7 Å². The number of hydrogen-bond acceptors (Lipinski definition) is 5. The zero-order valence-electron chi connectivity index (χ0n) is 19.3. The van der Waals surface area contributed by atoms with Crippen LogP contribution in [0.2, 0.25) is 0 Å². The van der Waals surface area contributed by atoms with E-state index in [0.717, 1.165) is 36.1 Å². The Labute approximate surface area is 194 Å². The van der Waals surface area contributed by atoms with Gasteiger partial charge in [0.1, 0.15) is 11.8 Å². The summed E-state index contributed by atoms with van der Waals surface area (Å²) in [6, 6.07) is 11.2. The molecule has 1 heterocycles. The maximum atomic E-state index is 14.0. The number of nitrogens with two attached hydrogens (primary N) is 1. The second kappa shape index (κ2) is 10.9. The normalized spacial score (nSPS) is 16.0. The zero-order chi connectivity index (χ0) is 24.0. The van der Waals surface area contributed by atoms with Crippen LogP contribution in [0.1, 0.15) is 66.7 Å². The van der Waals surface area contributed by atoms with Crippen LogP contribution in [-0.4, -0.2) is 39.8 Å². The van der Waals surface area contributed by atoms with E-state index >= 15 is 0 Å². The fraction of sp³-hybridized carbons (Fsp3) is 0.500. The highest BCUT2D eigenvalue weighted by molar-refractivity contribution is 5.89. The summed E-state index contributed by atoms with van der Waals surface area (Å²) in [6.45, 7) is 2.87. The van der Waals surface area contributed by atoms with Crippen LogP contribution in [0.25, 0.3) is 0 Å². The summed E-state index contributed by atoms with van der Waals surface area (Å²) in [4.78, 5) is 29.2. The minimum Gasteiger partial charge on any atom is -0.456 e. The molecule has 3 N–H and O–H groups in total. The number of nitrogens with zero attached hydrogens (tertiary/aromatic N) is 1. The summed E-state index contributed by atoms with van der Waals surface area (Å²) in [5, 5.41) is 11.0. The molecule has 0 saturated heterocycles. The number of halogens is 1. The monoisotopic (exact) mass is 456 g/mol. The average molecular weight is 457 g/mol. The largest absolute Gasteiger partial charge is 0.456 e. The van der Waals surface area contributed by atoms with Crippen molar-refractivity contribution in [3.05, 3.63) is 65.0 Å². The molecule has 0 fully saturated rings. The molecule has 3 rings (SSSR count). The maximum Gasteiger partial charge on any atom is 0.340 e. The van der Waals surface area contributed by atoms with E-state index in [0.29, 0.717) is 5.56 Å². The standard InChI is InChI=1S/C26H33FN2O4/c1-26(2,27)12-11-19(24(28)31)15-22(30)23(13-17-7-4-3-5-8-17)33-25(32)20-14-18-9-6-10-21(18)29-16-20/h3-5,7-8,14,16,19,22-23,30H,6,9-13,15H2,1-2H3,(H2,28,31)/t19-,22+,23+/m1/s1. The van der Waals surface area contributed by atoms with E-state index in [1.54, 1.807) is 6.07 Å². The summed E-state index contributed by atoms with van der Waals surface area (Å²) in [6.07, 6.45) is 2.87. The van der Waals surface area contributed by atoms with Gasteiger partial charge < -0.3 is 15.6 Å². The fourth-order valence-electron chi connectivity index (χ4n) is 4.18. The number of carbonyl (C=O) groups excluding carboxylic acids is 2. The Balaban J connectivity index is 1.75. The number of fused-ring (bicyclic) bond motifs is 1. The van der Waals surface area contributed by atoms with Gasteiger partial charge in [0.25, 0.3) is 0 Å². The third-order valence-corrected chi connectivity index (χ3v) is 6.14. The SMILES string of the molecule is CC(C)(F)CC[C@H](C[C@H](O)[C@H](Cc1ccccc1)OC(=O)c1cnc2c(c1)CCC2)C(N)=O. The van der Waals surface area contributed by atoms with Crippen molar-refractivity contribution < 1.29 is 23.8 Å². The first-order valence-electron chi connectivity index (χ1n) is 11.5. The van der Waals surface area contributed by atoms with E-state index in [9.17, 15) is 19.1 Å². The van der Waals surface area contributed by atoms with Crippen LogP contribution in [0, 0.1) is 5.92 Å². The topological polar surface area (TPSA) is 103 Å². The molecule has 7 heteroatoms. The number of aryl methyl sites for hydroxylation is 2. The van der Waals surface area contributed by atoms with Crippen molar-refractivity contribution in [1.29, 1.82) is 0 Å². The Morgan fingerprint density at radius 3 is 2.64 bits per heavy atom. The molecule has 178 valence electrons. The predicted molar refractivity (Wildman–Crippen MR) is 123 cm³/mol. The number of aromatic nitrogens is 1. The minimum atomic E-state index is -1.45. The van der Waals surface area contributed by atoms with Crippen LogP contribution in [0.4, 0.5) is 4.39 Å². The molecule has 0 radical (unpaired) electrons. The average Bonchev–Trinajstić information content (AvgIpc) is 3.23. The quantitative estimate of drug-likeness (QED) is 0.502. The maximum absolute atomic E-state index is 14.0.